The third-order valence-corrected chi connectivity index (χ3v) is 7.22. The highest BCUT2D eigenvalue weighted by Gasteiger charge is 2.56. The van der Waals surface area contributed by atoms with E-state index < -0.39 is 0 Å². The first-order valence-corrected chi connectivity index (χ1v) is 8.42. The largest absolute Gasteiger partial charge is 0.300 e. The summed E-state index contributed by atoms with van der Waals surface area (Å²) in [4.78, 5) is 12.0. The van der Waals surface area contributed by atoms with Crippen LogP contribution in [0.25, 0.3) is 0 Å². The number of ketones is 1. The Kier molecular flexibility index (Phi) is 2.63. The first kappa shape index (κ1) is 12.9. The van der Waals surface area contributed by atoms with Crippen molar-refractivity contribution in [3.8, 4) is 0 Å². The van der Waals surface area contributed by atoms with Gasteiger partial charge in [0.2, 0.25) is 0 Å². The van der Waals surface area contributed by atoms with Crippen molar-refractivity contribution in [1.82, 2.24) is 0 Å². The van der Waals surface area contributed by atoms with Gasteiger partial charge in [0.25, 0.3) is 0 Å². The van der Waals surface area contributed by atoms with Crippen LogP contribution in [0.4, 0.5) is 0 Å². The highest BCUT2D eigenvalue weighted by molar-refractivity contribution is 5.82. The number of allylic oxidation sites excluding steroid dienone is 4. The van der Waals surface area contributed by atoms with Crippen LogP contribution in [0.3, 0.4) is 0 Å². The smallest absolute Gasteiger partial charge is 0.133 e. The molecule has 0 amide bonds. The van der Waals surface area contributed by atoms with Gasteiger partial charge in [-0.15, -0.1) is 0 Å². The lowest BCUT2D eigenvalue weighted by Crippen LogP contribution is -2.47. The zero-order chi connectivity index (χ0) is 14.0. The van der Waals surface area contributed by atoms with E-state index in [4.69, 9.17) is 0 Å². The van der Waals surface area contributed by atoms with Crippen molar-refractivity contribution in [2.24, 2.45) is 28.6 Å². The molecule has 0 heterocycles. The van der Waals surface area contributed by atoms with Gasteiger partial charge in [-0.05, 0) is 66.3 Å². The molecule has 0 aromatic heterocycles. The van der Waals surface area contributed by atoms with Crippen molar-refractivity contribution in [2.45, 2.75) is 58.8 Å². The average molecular weight is 270 g/mol. The Morgan fingerprint density at radius 1 is 1.20 bits per heavy atom. The molecule has 0 aromatic rings. The highest BCUT2D eigenvalue weighted by atomic mass is 16.1. The maximum absolute atomic E-state index is 12.0. The van der Waals surface area contributed by atoms with Gasteiger partial charge in [0, 0.05) is 12.8 Å². The molecule has 4 rings (SSSR count). The second-order valence-corrected chi connectivity index (χ2v) is 8.24. The summed E-state index contributed by atoms with van der Waals surface area (Å²) < 4.78 is 0. The zero-order valence-corrected chi connectivity index (χ0v) is 12.8. The third-order valence-electron chi connectivity index (χ3n) is 7.22. The van der Waals surface area contributed by atoms with E-state index in [-0.39, 0.29) is 0 Å². The fourth-order valence-corrected chi connectivity index (χ4v) is 6.08. The summed E-state index contributed by atoms with van der Waals surface area (Å²) in [5.74, 6) is 2.77. The fraction of sp³-hybridized carbons (Fsp3) is 0.737. The van der Waals surface area contributed by atoms with E-state index in [9.17, 15) is 4.79 Å². The Bertz CT molecular complexity index is 514. The number of Topliss-reactive ketones (excluding diaryl/α,β-unsaturated/α-hetero) is 1. The lowest BCUT2D eigenvalue weighted by molar-refractivity contribution is -0.118. The van der Waals surface area contributed by atoms with Crippen molar-refractivity contribution < 1.29 is 4.79 Å². The lowest BCUT2D eigenvalue weighted by Gasteiger charge is -2.55. The van der Waals surface area contributed by atoms with Crippen LogP contribution >= 0.6 is 0 Å². The van der Waals surface area contributed by atoms with Gasteiger partial charge in [-0.1, -0.05) is 32.1 Å². The molecule has 0 aliphatic heterocycles. The summed E-state index contributed by atoms with van der Waals surface area (Å²) in [5, 5.41) is 0. The minimum absolute atomic E-state index is 0.324. The SMILES string of the molecule is C[C@]12CC[C@H]3[C@@H](CC=C4C=CCC[C@@]43C)[C@@H]1CC(=O)C2. The number of rotatable bonds is 0. The molecule has 0 aromatic carbocycles. The Morgan fingerprint density at radius 2 is 2.05 bits per heavy atom. The maximum Gasteiger partial charge on any atom is 0.133 e. The predicted octanol–water partition coefficient (Wildman–Crippen LogP) is 4.68. The van der Waals surface area contributed by atoms with Gasteiger partial charge in [-0.3, -0.25) is 4.79 Å². The standard InChI is InChI=1S/C19H26O/c1-18-10-8-16-15(17(18)11-14(20)12-18)7-6-13-5-3-4-9-19(13,16)2/h3,5-6,15-17H,4,7-12H2,1-2H3/t15-,16+,17+,18-,19+/m1/s1. The number of carbonyl (C=O) groups excluding carboxylic acids is 1. The van der Waals surface area contributed by atoms with E-state index >= 15 is 0 Å². The molecular weight excluding hydrogens is 244 g/mol. The second-order valence-electron chi connectivity index (χ2n) is 8.24. The van der Waals surface area contributed by atoms with Crippen molar-refractivity contribution >= 4 is 5.78 Å². The van der Waals surface area contributed by atoms with Crippen LogP contribution in [0.5, 0.6) is 0 Å². The van der Waals surface area contributed by atoms with Crippen molar-refractivity contribution in [1.29, 1.82) is 0 Å². The molecule has 0 saturated heterocycles. The molecule has 0 bridgehead atoms. The highest BCUT2D eigenvalue weighted by Crippen LogP contribution is 2.63. The van der Waals surface area contributed by atoms with E-state index in [1.54, 1.807) is 5.57 Å². The monoisotopic (exact) mass is 270 g/mol. The molecule has 1 heteroatoms. The summed E-state index contributed by atoms with van der Waals surface area (Å²) in [6.07, 6.45) is 15.3. The van der Waals surface area contributed by atoms with Gasteiger partial charge in [0.1, 0.15) is 5.78 Å². The Balaban J connectivity index is 1.73. The zero-order valence-electron chi connectivity index (χ0n) is 12.8. The molecule has 0 radical (unpaired) electrons. The van der Waals surface area contributed by atoms with Gasteiger partial charge >= 0.3 is 0 Å². The van der Waals surface area contributed by atoms with Crippen LogP contribution in [-0.2, 0) is 4.79 Å². The van der Waals surface area contributed by atoms with Crippen molar-refractivity contribution in [3.63, 3.8) is 0 Å². The van der Waals surface area contributed by atoms with Gasteiger partial charge in [-0.25, -0.2) is 0 Å². The lowest BCUT2D eigenvalue weighted by atomic mass is 9.49. The topological polar surface area (TPSA) is 17.1 Å². The fourth-order valence-electron chi connectivity index (χ4n) is 6.08. The molecular formula is C19H26O. The molecule has 1 nitrogen and oxygen atoms in total. The Morgan fingerprint density at radius 3 is 2.90 bits per heavy atom. The molecule has 20 heavy (non-hydrogen) atoms. The van der Waals surface area contributed by atoms with E-state index in [1.165, 1.54) is 32.1 Å². The van der Waals surface area contributed by atoms with E-state index in [0.29, 0.717) is 22.5 Å². The minimum atomic E-state index is 0.324. The molecule has 0 N–H and O–H groups in total. The molecule has 0 spiro atoms. The van der Waals surface area contributed by atoms with Crippen LogP contribution in [0.15, 0.2) is 23.8 Å². The molecule has 4 aliphatic rings. The summed E-state index contributed by atoms with van der Waals surface area (Å²) in [5.41, 5.74) is 2.31. The van der Waals surface area contributed by atoms with Crippen LogP contribution in [0.2, 0.25) is 0 Å². The van der Waals surface area contributed by atoms with Gasteiger partial charge in [-0.2, -0.15) is 0 Å². The van der Waals surface area contributed by atoms with Gasteiger partial charge in [0.05, 0.1) is 0 Å². The molecule has 2 saturated carbocycles. The van der Waals surface area contributed by atoms with Gasteiger partial charge in [0.15, 0.2) is 0 Å². The summed E-state index contributed by atoms with van der Waals surface area (Å²) in [6, 6.07) is 0. The first-order chi connectivity index (χ1) is 9.53. The van der Waals surface area contributed by atoms with E-state index in [0.717, 1.165) is 24.7 Å². The van der Waals surface area contributed by atoms with Crippen LogP contribution in [0.1, 0.15) is 58.8 Å². The molecule has 4 aliphatic carbocycles. The number of carbonyl (C=O) groups is 1. The van der Waals surface area contributed by atoms with Crippen LogP contribution in [-0.4, -0.2) is 5.78 Å². The quantitative estimate of drug-likeness (QED) is 0.624. The predicted molar refractivity (Wildman–Crippen MR) is 81.2 cm³/mol. The summed E-state index contributed by atoms with van der Waals surface area (Å²) in [6.45, 7) is 4.89. The molecule has 5 atom stereocenters. The average Bonchev–Trinajstić information content (AvgIpc) is 2.72. The van der Waals surface area contributed by atoms with Crippen LogP contribution in [0, 0.1) is 28.6 Å². The molecule has 108 valence electrons. The van der Waals surface area contributed by atoms with Crippen molar-refractivity contribution in [2.75, 3.05) is 0 Å². The summed E-state index contributed by atoms with van der Waals surface area (Å²) >= 11 is 0. The van der Waals surface area contributed by atoms with E-state index in [2.05, 4.69) is 32.1 Å². The molecule has 2 fully saturated rings. The normalized spacial score (nSPS) is 50.2. The Hall–Kier alpha value is -0.850. The number of hydrogen-bond donors (Lipinski definition) is 0. The summed E-state index contributed by atoms with van der Waals surface area (Å²) in [7, 11) is 0. The number of fused-ring (bicyclic) bond motifs is 5. The van der Waals surface area contributed by atoms with E-state index in [1.807, 2.05) is 0 Å². The maximum atomic E-state index is 12.0. The third kappa shape index (κ3) is 1.58. The molecule has 0 unspecified atom stereocenters. The first-order valence-electron chi connectivity index (χ1n) is 8.42. The van der Waals surface area contributed by atoms with Crippen molar-refractivity contribution in [3.05, 3.63) is 23.8 Å². The number of hydrogen-bond acceptors (Lipinski definition) is 1. The minimum Gasteiger partial charge on any atom is -0.300 e. The Labute approximate surface area is 122 Å². The van der Waals surface area contributed by atoms with Gasteiger partial charge < -0.3 is 0 Å². The van der Waals surface area contributed by atoms with Crippen LogP contribution < -0.4 is 0 Å². The second kappa shape index (κ2) is 4.08.